The molecule has 13 nitrogen and oxygen atoms in total. The quantitative estimate of drug-likeness (QED) is 0.118. The maximum absolute atomic E-state index is 14.2. The minimum atomic E-state index is -3.20. The minimum absolute atomic E-state index is 0.00772. The lowest BCUT2D eigenvalue weighted by Gasteiger charge is -2.29. The van der Waals surface area contributed by atoms with Crippen LogP contribution in [0.4, 0.5) is 22.4 Å². The first-order valence-corrected chi connectivity index (χ1v) is 19.2. The van der Waals surface area contributed by atoms with Crippen molar-refractivity contribution in [2.45, 2.75) is 118 Å². The monoisotopic (exact) mass is 844 g/mol. The van der Waals surface area contributed by atoms with E-state index in [9.17, 15) is 27.2 Å². The molecule has 0 saturated heterocycles. The molecule has 2 aromatic heterocycles. The Morgan fingerprint density at radius 2 is 1.61 bits per heavy atom. The third-order valence-corrected chi connectivity index (χ3v) is 8.88. The summed E-state index contributed by atoms with van der Waals surface area (Å²) in [7, 11) is 0. The maximum atomic E-state index is 14.2. The molecule has 0 bridgehead atoms. The third-order valence-electron chi connectivity index (χ3n) is 8.56. The zero-order valence-corrected chi connectivity index (χ0v) is 35.7. The summed E-state index contributed by atoms with van der Waals surface area (Å²) in [5.41, 5.74) is 6.85. The highest BCUT2D eigenvalue weighted by atomic mass is 35.5. The number of alkyl carbamates (subject to hydrolysis) is 1. The number of alkyl halides is 4. The van der Waals surface area contributed by atoms with Crippen LogP contribution in [-0.4, -0.2) is 70.7 Å². The number of amides is 2. The van der Waals surface area contributed by atoms with Crippen molar-refractivity contribution in [1.82, 2.24) is 40.0 Å². The van der Waals surface area contributed by atoms with E-state index in [4.69, 9.17) is 22.1 Å². The van der Waals surface area contributed by atoms with Gasteiger partial charge in [-0.3, -0.25) is 9.69 Å². The van der Waals surface area contributed by atoms with Crippen LogP contribution < -0.4 is 11.1 Å². The van der Waals surface area contributed by atoms with Gasteiger partial charge >= 0.3 is 6.09 Å². The van der Waals surface area contributed by atoms with Crippen LogP contribution in [0, 0.1) is 18.3 Å². The lowest BCUT2D eigenvalue weighted by Crippen LogP contribution is -2.49. The summed E-state index contributed by atoms with van der Waals surface area (Å²) in [5.74, 6) is -4.71. The molecule has 18 heteroatoms. The Balaban J connectivity index is 0.000000949. The van der Waals surface area contributed by atoms with Crippen LogP contribution >= 0.6 is 11.6 Å². The number of nitrogens with two attached hydrogens (primary N) is 1. The number of ether oxygens (including phenoxy) is 1. The van der Waals surface area contributed by atoms with Gasteiger partial charge in [0, 0.05) is 12.5 Å². The van der Waals surface area contributed by atoms with Crippen molar-refractivity contribution in [3.05, 3.63) is 77.0 Å². The summed E-state index contributed by atoms with van der Waals surface area (Å²) in [6, 6.07) is 8.87. The van der Waals surface area contributed by atoms with Crippen molar-refractivity contribution in [3.8, 4) is 29.8 Å². The summed E-state index contributed by atoms with van der Waals surface area (Å²) in [6.07, 6.45) is 6.54. The SMILES string of the molecule is C#C.CC.CC(C)(C)C.CC(C)(C)n1ncc(-c2ccc([C@H]3N=C(N)N([C@H](COC(=O)NC4(C(C)(F)F)CC4)c4ccc(Cl)c(-n5ncnc5C(F)F)c4)C3=O)cc2)n1. The van der Waals surface area contributed by atoms with E-state index in [1.165, 1.54) is 18.2 Å². The number of carbonyl (C=O) groups is 2. The average molecular weight is 845 g/mol. The number of nitrogens with zero attached hydrogens (tertiary/aromatic N) is 8. The summed E-state index contributed by atoms with van der Waals surface area (Å²) in [4.78, 5) is 37.5. The Labute approximate surface area is 347 Å². The first-order valence-electron chi connectivity index (χ1n) is 18.8. The van der Waals surface area contributed by atoms with Gasteiger partial charge in [-0.2, -0.15) is 20.1 Å². The molecular weight excluding hydrogens is 792 g/mol. The highest BCUT2D eigenvalue weighted by Gasteiger charge is 2.60. The highest BCUT2D eigenvalue weighted by Crippen LogP contribution is 2.48. The van der Waals surface area contributed by atoms with Crippen molar-refractivity contribution in [1.29, 1.82) is 0 Å². The number of aliphatic imine (C=N–C) groups is 1. The van der Waals surface area contributed by atoms with Gasteiger partial charge in [-0.15, -0.1) is 12.8 Å². The molecule has 2 amide bonds. The van der Waals surface area contributed by atoms with Gasteiger partial charge in [0.2, 0.25) is 0 Å². The summed E-state index contributed by atoms with van der Waals surface area (Å²) in [5, 5.41) is 15.0. The molecule has 1 aliphatic carbocycles. The number of aromatic nitrogens is 6. The number of guanidine groups is 1. The molecule has 2 atom stereocenters. The largest absolute Gasteiger partial charge is 0.447 e. The molecule has 0 spiro atoms. The van der Waals surface area contributed by atoms with Crippen molar-refractivity contribution in [2.24, 2.45) is 16.1 Å². The minimum Gasteiger partial charge on any atom is -0.447 e. The Kier molecular flexibility index (Phi) is 15.5. The fourth-order valence-electron chi connectivity index (χ4n) is 5.57. The number of rotatable bonds is 10. The van der Waals surface area contributed by atoms with Gasteiger partial charge in [0.05, 0.1) is 28.5 Å². The molecule has 320 valence electrons. The second-order valence-electron chi connectivity index (χ2n) is 16.2. The summed E-state index contributed by atoms with van der Waals surface area (Å²) in [6.45, 7) is 18.8. The lowest BCUT2D eigenvalue weighted by atomic mass is 10.0. The normalized spacial score (nSPS) is 16.4. The molecule has 1 aliphatic heterocycles. The predicted octanol–water partition coefficient (Wildman–Crippen LogP) is 9.05. The zero-order chi connectivity index (χ0) is 44.7. The standard InChI is InChI=1S/C32H33ClF4N10O3.C5H12.C2H6.C2H2/c1-30(2,3)47-40-14-21(44-47)17-5-7-18(8-6-17)24-27(48)45(28(38)42-24)23(15-50-29(49)43-32(11-12-32)31(4,36)37)19-9-10-20(33)22(13-19)46-26(25(34)35)39-16-41-46;1-5(2,3)4;2*1-2/h5-10,13-14,16,23-25H,11-12,15H2,1-4H3,(H2,38,42)(H,43,49);1-4H3;1-2H3;1-2H/t23-,24-;;;/m1.../s1. The molecule has 1 fully saturated rings. The molecule has 3 heterocycles. The summed E-state index contributed by atoms with van der Waals surface area (Å²) >= 11 is 6.38. The van der Waals surface area contributed by atoms with Crippen LogP contribution in [0.1, 0.15) is 118 Å². The Morgan fingerprint density at radius 3 is 2.12 bits per heavy atom. The van der Waals surface area contributed by atoms with E-state index in [1.54, 1.807) is 35.3 Å². The van der Waals surface area contributed by atoms with E-state index in [0.717, 1.165) is 21.5 Å². The number of hydrogen-bond donors (Lipinski definition) is 2. The number of nitrogens with one attached hydrogen (secondary N) is 1. The van der Waals surface area contributed by atoms with Gasteiger partial charge in [0.25, 0.3) is 18.3 Å². The molecule has 1 saturated carbocycles. The van der Waals surface area contributed by atoms with Gasteiger partial charge < -0.3 is 15.8 Å². The first-order chi connectivity index (χ1) is 27.5. The fraction of sp³-hybridized carbons (Fsp3) is 0.488. The third kappa shape index (κ3) is 11.8. The highest BCUT2D eigenvalue weighted by molar-refractivity contribution is 6.32. The van der Waals surface area contributed by atoms with Crippen molar-refractivity contribution >= 4 is 29.6 Å². The van der Waals surface area contributed by atoms with E-state index in [-0.39, 0.29) is 40.6 Å². The van der Waals surface area contributed by atoms with Crippen molar-refractivity contribution < 1.29 is 31.9 Å². The number of benzene rings is 2. The van der Waals surface area contributed by atoms with Gasteiger partial charge in [-0.05, 0) is 62.3 Å². The second-order valence-corrected chi connectivity index (χ2v) is 16.6. The number of carbonyl (C=O) groups excluding carboxylic acids is 2. The van der Waals surface area contributed by atoms with Crippen molar-refractivity contribution in [2.75, 3.05) is 6.61 Å². The maximum Gasteiger partial charge on any atom is 0.407 e. The molecule has 2 aromatic carbocycles. The first kappa shape index (κ1) is 47.9. The average Bonchev–Trinajstić information content (AvgIpc) is 3.46. The predicted molar refractivity (Wildman–Crippen MR) is 219 cm³/mol. The Morgan fingerprint density at radius 1 is 1.02 bits per heavy atom. The number of terminal acetylenes is 1. The van der Waals surface area contributed by atoms with Crippen LogP contribution in [0.15, 0.2) is 60.0 Å². The van der Waals surface area contributed by atoms with Crippen LogP contribution in [0.2, 0.25) is 5.02 Å². The molecule has 4 aromatic rings. The van der Waals surface area contributed by atoms with Gasteiger partial charge in [0.15, 0.2) is 17.8 Å². The van der Waals surface area contributed by atoms with Gasteiger partial charge in [-0.1, -0.05) is 83.5 Å². The van der Waals surface area contributed by atoms with Crippen LogP contribution in [-0.2, 0) is 15.1 Å². The Hall–Kier alpha value is -5.50. The van der Waals surface area contributed by atoms with Gasteiger partial charge in [0.1, 0.15) is 24.2 Å². The summed E-state index contributed by atoms with van der Waals surface area (Å²) < 4.78 is 62.0. The van der Waals surface area contributed by atoms with Crippen LogP contribution in [0.25, 0.3) is 16.9 Å². The number of hydrogen-bond acceptors (Lipinski definition) is 9. The van der Waals surface area contributed by atoms with E-state index >= 15 is 0 Å². The second kappa shape index (κ2) is 19.0. The van der Waals surface area contributed by atoms with E-state index in [2.05, 4.69) is 71.1 Å². The smallest absolute Gasteiger partial charge is 0.407 e. The van der Waals surface area contributed by atoms with E-state index in [0.29, 0.717) is 23.6 Å². The molecule has 6 rings (SSSR count). The molecular formula is C41H53ClF4N10O3. The Bertz CT molecular complexity index is 2090. The fourth-order valence-corrected chi connectivity index (χ4v) is 5.77. The molecule has 2 aliphatic rings. The topological polar surface area (TPSA) is 158 Å². The lowest BCUT2D eigenvalue weighted by molar-refractivity contribution is -0.129. The van der Waals surface area contributed by atoms with E-state index in [1.807, 2.05) is 34.6 Å². The van der Waals surface area contributed by atoms with Crippen LogP contribution in [0.5, 0.6) is 0 Å². The van der Waals surface area contributed by atoms with Crippen molar-refractivity contribution in [3.63, 3.8) is 0 Å². The van der Waals surface area contributed by atoms with E-state index < -0.39 is 54.4 Å². The molecule has 0 unspecified atom stereocenters. The molecule has 59 heavy (non-hydrogen) atoms. The molecule has 0 radical (unpaired) electrons. The number of halogens is 5. The van der Waals surface area contributed by atoms with Gasteiger partial charge in [-0.25, -0.2) is 37.0 Å². The zero-order valence-electron chi connectivity index (χ0n) is 35.0. The molecule has 3 N–H and O–H groups in total. The van der Waals surface area contributed by atoms with Crippen LogP contribution in [0.3, 0.4) is 0 Å².